The van der Waals surface area contributed by atoms with Crippen molar-refractivity contribution >= 4 is 5.91 Å². The first-order chi connectivity index (χ1) is 7.45. The van der Waals surface area contributed by atoms with Crippen molar-refractivity contribution in [2.45, 2.75) is 25.9 Å². The number of likely N-dealkylation sites (N-methyl/N-ethyl adjacent to an activating group) is 1. The Kier molecular flexibility index (Phi) is 4.01. The van der Waals surface area contributed by atoms with Gasteiger partial charge < -0.3 is 10.6 Å². The zero-order chi connectivity index (χ0) is 12.3. The summed E-state index contributed by atoms with van der Waals surface area (Å²) in [7, 11) is 1.63. The number of rotatable bonds is 3. The van der Waals surface area contributed by atoms with Crippen LogP contribution in [0.25, 0.3) is 0 Å². The van der Waals surface area contributed by atoms with Gasteiger partial charge in [0.05, 0.1) is 12.1 Å². The van der Waals surface area contributed by atoms with E-state index >= 15 is 0 Å². The number of halogens is 1. The number of carbonyl (C=O) groups excluding carboxylic acids is 1. The van der Waals surface area contributed by atoms with E-state index in [0.717, 1.165) is 0 Å². The fraction of sp³-hybridized carbons (Fsp3) is 0.417. The maximum absolute atomic E-state index is 13.5. The number of hydrogen-bond donors (Lipinski definition) is 1. The Morgan fingerprint density at radius 1 is 1.38 bits per heavy atom. The molecule has 0 saturated heterocycles. The second-order valence-electron chi connectivity index (χ2n) is 3.94. The molecule has 88 valence electrons. The third-order valence-corrected chi connectivity index (χ3v) is 2.67. The van der Waals surface area contributed by atoms with Gasteiger partial charge in [-0.15, -0.1) is 0 Å². The van der Waals surface area contributed by atoms with Crippen molar-refractivity contribution in [1.82, 2.24) is 4.90 Å². The Bertz CT molecular complexity index is 379. The molecular formula is C12H17FN2O. The van der Waals surface area contributed by atoms with E-state index in [0.29, 0.717) is 5.56 Å². The minimum Gasteiger partial charge on any atom is -0.338 e. The maximum Gasteiger partial charge on any atom is 0.239 e. The average molecular weight is 224 g/mol. The first-order valence-corrected chi connectivity index (χ1v) is 5.21. The van der Waals surface area contributed by atoms with E-state index in [9.17, 15) is 9.18 Å². The van der Waals surface area contributed by atoms with Crippen molar-refractivity contribution in [1.29, 1.82) is 0 Å². The van der Waals surface area contributed by atoms with Gasteiger partial charge in [0.25, 0.3) is 0 Å². The molecule has 2 unspecified atom stereocenters. The lowest BCUT2D eigenvalue weighted by Gasteiger charge is -2.27. The highest BCUT2D eigenvalue weighted by Crippen LogP contribution is 2.21. The van der Waals surface area contributed by atoms with Gasteiger partial charge in [-0.1, -0.05) is 18.2 Å². The molecule has 0 spiro atoms. The molecule has 0 fully saturated rings. The van der Waals surface area contributed by atoms with Gasteiger partial charge in [-0.25, -0.2) is 4.39 Å². The van der Waals surface area contributed by atoms with E-state index in [1.807, 2.05) is 0 Å². The molecule has 0 aliphatic rings. The van der Waals surface area contributed by atoms with Gasteiger partial charge in [0.1, 0.15) is 5.82 Å². The fourth-order valence-corrected chi connectivity index (χ4v) is 1.53. The molecule has 3 nitrogen and oxygen atoms in total. The Morgan fingerprint density at radius 3 is 2.44 bits per heavy atom. The van der Waals surface area contributed by atoms with Crippen LogP contribution in [0.1, 0.15) is 25.5 Å². The number of hydrogen-bond acceptors (Lipinski definition) is 2. The fourth-order valence-electron chi connectivity index (χ4n) is 1.53. The van der Waals surface area contributed by atoms with E-state index < -0.39 is 6.04 Å². The van der Waals surface area contributed by atoms with Crippen molar-refractivity contribution < 1.29 is 9.18 Å². The van der Waals surface area contributed by atoms with Gasteiger partial charge in [0.15, 0.2) is 0 Å². The number of amides is 1. The van der Waals surface area contributed by atoms with Crippen LogP contribution in [-0.2, 0) is 4.79 Å². The quantitative estimate of drug-likeness (QED) is 0.849. The van der Waals surface area contributed by atoms with E-state index in [4.69, 9.17) is 5.73 Å². The Hall–Kier alpha value is -1.42. The predicted molar refractivity (Wildman–Crippen MR) is 61.2 cm³/mol. The normalized spacial score (nSPS) is 14.3. The van der Waals surface area contributed by atoms with Crippen LogP contribution in [0.15, 0.2) is 24.3 Å². The minimum atomic E-state index is -0.570. The highest BCUT2D eigenvalue weighted by Gasteiger charge is 2.21. The van der Waals surface area contributed by atoms with Crippen molar-refractivity contribution in [3.05, 3.63) is 35.6 Å². The van der Waals surface area contributed by atoms with E-state index in [-0.39, 0.29) is 17.8 Å². The molecule has 1 aromatic carbocycles. The molecule has 0 aliphatic carbocycles. The van der Waals surface area contributed by atoms with Crippen LogP contribution in [0.3, 0.4) is 0 Å². The summed E-state index contributed by atoms with van der Waals surface area (Å²) in [6, 6.07) is 5.54. The molecular weight excluding hydrogens is 207 g/mol. The van der Waals surface area contributed by atoms with Gasteiger partial charge >= 0.3 is 0 Å². The summed E-state index contributed by atoms with van der Waals surface area (Å²) in [5.41, 5.74) is 6.00. The third kappa shape index (κ3) is 2.58. The highest BCUT2D eigenvalue weighted by molar-refractivity contribution is 5.81. The summed E-state index contributed by atoms with van der Waals surface area (Å²) in [4.78, 5) is 13.1. The van der Waals surface area contributed by atoms with Crippen LogP contribution in [-0.4, -0.2) is 23.9 Å². The molecule has 2 N–H and O–H groups in total. The lowest BCUT2D eigenvalue weighted by Crippen LogP contribution is -2.41. The molecule has 1 rings (SSSR count). The van der Waals surface area contributed by atoms with Crippen LogP contribution in [0.5, 0.6) is 0 Å². The van der Waals surface area contributed by atoms with Crippen LogP contribution < -0.4 is 5.73 Å². The maximum atomic E-state index is 13.5. The molecule has 0 aliphatic heterocycles. The Morgan fingerprint density at radius 2 is 1.94 bits per heavy atom. The van der Waals surface area contributed by atoms with E-state index in [1.54, 1.807) is 39.1 Å². The van der Waals surface area contributed by atoms with Gasteiger partial charge in [0, 0.05) is 12.6 Å². The highest BCUT2D eigenvalue weighted by atomic mass is 19.1. The average Bonchev–Trinajstić information content (AvgIpc) is 2.26. The first kappa shape index (κ1) is 12.6. The van der Waals surface area contributed by atoms with Crippen molar-refractivity contribution in [3.8, 4) is 0 Å². The lowest BCUT2D eigenvalue weighted by atomic mass is 10.1. The monoisotopic (exact) mass is 224 g/mol. The number of carbonyl (C=O) groups is 1. The Balaban J connectivity index is 2.90. The van der Waals surface area contributed by atoms with Crippen LogP contribution in [0.2, 0.25) is 0 Å². The molecule has 0 saturated carbocycles. The smallest absolute Gasteiger partial charge is 0.239 e. The summed E-state index contributed by atoms with van der Waals surface area (Å²) in [6.07, 6.45) is 0. The second-order valence-corrected chi connectivity index (χ2v) is 3.94. The van der Waals surface area contributed by atoms with E-state index in [2.05, 4.69) is 0 Å². The van der Waals surface area contributed by atoms with Gasteiger partial charge in [0.2, 0.25) is 5.91 Å². The third-order valence-electron chi connectivity index (χ3n) is 2.67. The van der Waals surface area contributed by atoms with Crippen molar-refractivity contribution in [3.63, 3.8) is 0 Å². The topological polar surface area (TPSA) is 46.3 Å². The van der Waals surface area contributed by atoms with Gasteiger partial charge in [-0.3, -0.25) is 4.79 Å². The molecule has 1 amide bonds. The summed E-state index contributed by atoms with van der Waals surface area (Å²) in [6.45, 7) is 3.39. The molecule has 0 radical (unpaired) electrons. The first-order valence-electron chi connectivity index (χ1n) is 5.21. The van der Waals surface area contributed by atoms with Crippen LogP contribution >= 0.6 is 0 Å². The molecule has 16 heavy (non-hydrogen) atoms. The predicted octanol–water partition coefficient (Wildman–Crippen LogP) is 1.69. The minimum absolute atomic E-state index is 0.198. The van der Waals surface area contributed by atoms with Crippen molar-refractivity contribution in [2.24, 2.45) is 5.73 Å². The molecule has 1 aromatic rings. The number of benzene rings is 1. The van der Waals surface area contributed by atoms with Crippen molar-refractivity contribution in [2.75, 3.05) is 7.05 Å². The largest absolute Gasteiger partial charge is 0.338 e. The molecule has 2 atom stereocenters. The molecule has 0 aromatic heterocycles. The molecule has 0 heterocycles. The van der Waals surface area contributed by atoms with Crippen LogP contribution in [0.4, 0.5) is 4.39 Å². The SMILES string of the molecule is CC(N)C(=O)N(C)C(C)c1ccccc1F. The van der Waals surface area contributed by atoms with E-state index in [1.165, 1.54) is 11.0 Å². The number of nitrogens with two attached hydrogens (primary N) is 1. The van der Waals surface area contributed by atoms with Gasteiger partial charge in [-0.05, 0) is 19.9 Å². The zero-order valence-corrected chi connectivity index (χ0v) is 9.77. The summed E-state index contributed by atoms with van der Waals surface area (Å²) in [5, 5.41) is 0. The number of nitrogens with zero attached hydrogens (tertiary/aromatic N) is 1. The standard InChI is InChI=1S/C12H17FN2O/c1-8(14)12(16)15(3)9(2)10-6-4-5-7-11(10)13/h4-9H,14H2,1-3H3. The summed E-state index contributed by atoms with van der Waals surface area (Å²) in [5.74, 6) is -0.505. The summed E-state index contributed by atoms with van der Waals surface area (Å²) >= 11 is 0. The lowest BCUT2D eigenvalue weighted by molar-refractivity contribution is -0.132. The molecule has 0 bridgehead atoms. The van der Waals surface area contributed by atoms with Gasteiger partial charge in [-0.2, -0.15) is 0 Å². The summed E-state index contributed by atoms with van der Waals surface area (Å²) < 4.78 is 13.5. The van der Waals surface area contributed by atoms with Crippen LogP contribution in [0, 0.1) is 5.82 Å². The zero-order valence-electron chi connectivity index (χ0n) is 9.77. The second kappa shape index (κ2) is 5.07. The molecule has 4 heteroatoms. The Labute approximate surface area is 95.0 Å².